The van der Waals surface area contributed by atoms with Gasteiger partial charge in [-0.25, -0.2) is 0 Å². The zero-order valence-corrected chi connectivity index (χ0v) is 11.2. The maximum atomic E-state index is 5.53. The molecule has 1 heterocycles. The Kier molecular flexibility index (Phi) is 3.16. The predicted molar refractivity (Wildman–Crippen MR) is 71.6 cm³/mol. The molecule has 2 aliphatic rings. The summed E-state index contributed by atoms with van der Waals surface area (Å²) in [6.45, 7) is 1.16. The van der Waals surface area contributed by atoms with Crippen molar-refractivity contribution in [3.63, 3.8) is 0 Å². The van der Waals surface area contributed by atoms with Gasteiger partial charge in [-0.05, 0) is 55.3 Å². The van der Waals surface area contributed by atoms with Crippen molar-refractivity contribution >= 4 is 0 Å². The first-order chi connectivity index (χ1) is 8.83. The summed E-state index contributed by atoms with van der Waals surface area (Å²) in [6, 6.07) is 4.86. The van der Waals surface area contributed by atoms with Gasteiger partial charge in [-0.2, -0.15) is 0 Å². The minimum Gasteiger partial charge on any atom is -0.497 e. The molecule has 1 N–H and O–H groups in total. The third-order valence-corrected chi connectivity index (χ3v) is 4.36. The van der Waals surface area contributed by atoms with E-state index in [2.05, 4.69) is 11.4 Å². The molecule has 0 spiro atoms. The minimum absolute atomic E-state index is 0.631. The molecule has 1 aliphatic carbocycles. The normalized spacial score (nSPS) is 26.1. The summed E-state index contributed by atoms with van der Waals surface area (Å²) in [5, 5.41) is 3.66. The maximum Gasteiger partial charge on any atom is 0.126 e. The van der Waals surface area contributed by atoms with Crippen molar-refractivity contribution in [2.45, 2.75) is 37.6 Å². The highest BCUT2D eigenvalue weighted by Crippen LogP contribution is 2.42. The smallest absolute Gasteiger partial charge is 0.126 e. The van der Waals surface area contributed by atoms with E-state index in [4.69, 9.17) is 9.47 Å². The van der Waals surface area contributed by atoms with E-state index >= 15 is 0 Å². The quantitative estimate of drug-likeness (QED) is 0.871. The first kappa shape index (κ1) is 11.8. The van der Waals surface area contributed by atoms with Crippen LogP contribution in [-0.2, 0) is 6.42 Å². The van der Waals surface area contributed by atoms with Crippen LogP contribution in [0, 0.1) is 0 Å². The van der Waals surface area contributed by atoms with Crippen molar-refractivity contribution in [3.05, 3.63) is 23.3 Å². The first-order valence-electron chi connectivity index (χ1n) is 6.81. The van der Waals surface area contributed by atoms with Gasteiger partial charge in [0.2, 0.25) is 0 Å². The second-order valence-corrected chi connectivity index (χ2v) is 5.25. The van der Waals surface area contributed by atoms with Gasteiger partial charge in [0.1, 0.15) is 11.5 Å². The molecule has 3 rings (SSSR count). The summed E-state index contributed by atoms with van der Waals surface area (Å²) in [5.74, 6) is 2.54. The van der Waals surface area contributed by atoms with E-state index in [1.807, 2.05) is 6.07 Å². The molecule has 98 valence electrons. The Morgan fingerprint density at radius 1 is 1.17 bits per heavy atom. The molecular formula is C15H21NO2. The van der Waals surface area contributed by atoms with Crippen molar-refractivity contribution in [2.75, 3.05) is 20.8 Å². The van der Waals surface area contributed by atoms with Crippen LogP contribution in [0.1, 0.15) is 36.3 Å². The molecule has 1 aliphatic heterocycles. The van der Waals surface area contributed by atoms with Crippen molar-refractivity contribution in [3.8, 4) is 11.5 Å². The van der Waals surface area contributed by atoms with Crippen LogP contribution in [0.5, 0.6) is 11.5 Å². The number of nitrogens with one attached hydrogen (secondary N) is 1. The van der Waals surface area contributed by atoms with E-state index in [1.165, 1.54) is 30.4 Å². The molecule has 0 unspecified atom stereocenters. The molecule has 3 heteroatoms. The van der Waals surface area contributed by atoms with Crippen LogP contribution in [-0.4, -0.2) is 26.8 Å². The SMILES string of the molecule is COc1cc(OC)c2c(c1)[C@@H]1CCCN[C@@H]1CC2. The molecule has 1 aromatic carbocycles. The molecule has 1 aromatic rings. The lowest BCUT2D eigenvalue weighted by Gasteiger charge is -2.38. The van der Waals surface area contributed by atoms with Crippen LogP contribution in [0.2, 0.25) is 0 Å². The summed E-state index contributed by atoms with van der Waals surface area (Å²) in [4.78, 5) is 0. The van der Waals surface area contributed by atoms with Crippen LogP contribution in [0.3, 0.4) is 0 Å². The van der Waals surface area contributed by atoms with Gasteiger partial charge in [-0.3, -0.25) is 0 Å². The topological polar surface area (TPSA) is 30.5 Å². The molecule has 0 aromatic heterocycles. The molecule has 0 saturated carbocycles. The lowest BCUT2D eigenvalue weighted by Crippen LogP contribution is -2.42. The zero-order chi connectivity index (χ0) is 12.5. The largest absolute Gasteiger partial charge is 0.497 e. The second kappa shape index (κ2) is 4.81. The number of hydrogen-bond donors (Lipinski definition) is 1. The number of methoxy groups -OCH3 is 2. The number of benzene rings is 1. The number of piperidine rings is 1. The third-order valence-electron chi connectivity index (χ3n) is 4.36. The van der Waals surface area contributed by atoms with Crippen LogP contribution in [0.15, 0.2) is 12.1 Å². The van der Waals surface area contributed by atoms with Crippen molar-refractivity contribution in [1.29, 1.82) is 0 Å². The maximum absolute atomic E-state index is 5.53. The van der Waals surface area contributed by atoms with Crippen LogP contribution in [0.4, 0.5) is 0 Å². The van der Waals surface area contributed by atoms with Gasteiger partial charge in [-0.1, -0.05) is 0 Å². The van der Waals surface area contributed by atoms with Crippen molar-refractivity contribution in [2.24, 2.45) is 0 Å². The molecule has 1 fully saturated rings. The molecular weight excluding hydrogens is 226 g/mol. The highest BCUT2D eigenvalue weighted by Gasteiger charge is 2.33. The summed E-state index contributed by atoms with van der Waals surface area (Å²) >= 11 is 0. The van der Waals surface area contributed by atoms with E-state index in [1.54, 1.807) is 14.2 Å². The van der Waals surface area contributed by atoms with E-state index in [9.17, 15) is 0 Å². The standard InChI is InChI=1S/C15H21NO2/c1-17-10-8-13-11-4-3-7-16-14(11)6-5-12(13)15(9-10)18-2/h8-9,11,14,16H,3-7H2,1-2H3/t11-,14+/m0/s1. The highest BCUT2D eigenvalue weighted by atomic mass is 16.5. The molecule has 18 heavy (non-hydrogen) atoms. The summed E-state index contributed by atoms with van der Waals surface area (Å²) < 4.78 is 10.9. The van der Waals surface area contributed by atoms with Crippen LogP contribution < -0.4 is 14.8 Å². The van der Waals surface area contributed by atoms with E-state index in [0.717, 1.165) is 24.5 Å². The molecule has 0 amide bonds. The van der Waals surface area contributed by atoms with Gasteiger partial charge in [0, 0.05) is 12.1 Å². The van der Waals surface area contributed by atoms with Gasteiger partial charge in [-0.15, -0.1) is 0 Å². The summed E-state index contributed by atoms with van der Waals surface area (Å²) in [7, 11) is 3.47. The van der Waals surface area contributed by atoms with Gasteiger partial charge >= 0.3 is 0 Å². The van der Waals surface area contributed by atoms with Gasteiger partial charge in [0.15, 0.2) is 0 Å². The highest BCUT2D eigenvalue weighted by molar-refractivity contribution is 5.50. The van der Waals surface area contributed by atoms with Crippen LogP contribution >= 0.6 is 0 Å². The Labute approximate surface area is 108 Å². The van der Waals surface area contributed by atoms with E-state index in [0.29, 0.717) is 12.0 Å². The fraction of sp³-hybridized carbons (Fsp3) is 0.600. The fourth-order valence-corrected chi connectivity index (χ4v) is 3.47. The third kappa shape index (κ3) is 1.87. The Hall–Kier alpha value is -1.22. The average molecular weight is 247 g/mol. The Balaban J connectivity index is 2.05. The summed E-state index contributed by atoms with van der Waals surface area (Å²) in [5.41, 5.74) is 2.83. The molecule has 2 atom stereocenters. The fourth-order valence-electron chi connectivity index (χ4n) is 3.47. The van der Waals surface area contributed by atoms with E-state index < -0.39 is 0 Å². The van der Waals surface area contributed by atoms with Gasteiger partial charge in [0.25, 0.3) is 0 Å². The summed E-state index contributed by atoms with van der Waals surface area (Å²) in [6.07, 6.45) is 4.87. The second-order valence-electron chi connectivity index (χ2n) is 5.25. The Bertz CT molecular complexity index is 444. The number of rotatable bonds is 2. The number of fused-ring (bicyclic) bond motifs is 3. The minimum atomic E-state index is 0.631. The molecule has 0 radical (unpaired) electrons. The monoisotopic (exact) mass is 247 g/mol. The van der Waals surface area contributed by atoms with Crippen LogP contribution in [0.25, 0.3) is 0 Å². The molecule has 0 bridgehead atoms. The van der Waals surface area contributed by atoms with Gasteiger partial charge in [0.05, 0.1) is 14.2 Å². The zero-order valence-electron chi connectivity index (χ0n) is 11.2. The Morgan fingerprint density at radius 3 is 2.83 bits per heavy atom. The lowest BCUT2D eigenvalue weighted by molar-refractivity contribution is 0.311. The van der Waals surface area contributed by atoms with E-state index in [-0.39, 0.29) is 0 Å². The average Bonchev–Trinajstić information content (AvgIpc) is 2.45. The van der Waals surface area contributed by atoms with Crippen molar-refractivity contribution < 1.29 is 9.47 Å². The molecule has 1 saturated heterocycles. The predicted octanol–water partition coefficient (Wildman–Crippen LogP) is 2.49. The van der Waals surface area contributed by atoms with Crippen molar-refractivity contribution in [1.82, 2.24) is 5.32 Å². The Morgan fingerprint density at radius 2 is 2.06 bits per heavy atom. The first-order valence-corrected chi connectivity index (χ1v) is 6.81. The number of hydrogen-bond acceptors (Lipinski definition) is 3. The lowest BCUT2D eigenvalue weighted by atomic mass is 9.75. The number of ether oxygens (including phenoxy) is 2. The van der Waals surface area contributed by atoms with Gasteiger partial charge < -0.3 is 14.8 Å². The molecule has 3 nitrogen and oxygen atoms in total.